The fourth-order valence-electron chi connectivity index (χ4n) is 7.13. The summed E-state index contributed by atoms with van der Waals surface area (Å²) in [5.41, 5.74) is 13.2. The van der Waals surface area contributed by atoms with Crippen LogP contribution in [-0.2, 0) is 0 Å². The highest BCUT2D eigenvalue weighted by Gasteiger charge is 2.20. The normalized spacial score (nSPS) is 14.8. The van der Waals surface area contributed by atoms with E-state index in [-0.39, 0.29) is 0 Å². The molecule has 2 nitrogen and oxygen atoms in total. The van der Waals surface area contributed by atoms with Gasteiger partial charge >= 0.3 is 0 Å². The van der Waals surface area contributed by atoms with Crippen LogP contribution in [0, 0.1) is 0 Å². The van der Waals surface area contributed by atoms with E-state index in [9.17, 15) is 0 Å². The molecule has 0 N–H and O–H groups in total. The molecular weight excluding hydrogens is 665 g/mol. The van der Waals surface area contributed by atoms with Gasteiger partial charge in [-0.1, -0.05) is 155 Å². The molecular formula is C53H64N2. The van der Waals surface area contributed by atoms with Crippen molar-refractivity contribution < 1.29 is 0 Å². The lowest BCUT2D eigenvalue weighted by atomic mass is 9.93. The molecule has 0 bridgehead atoms. The molecule has 0 saturated heterocycles. The molecule has 0 aliphatic carbocycles. The molecule has 1 aromatic heterocycles. The lowest BCUT2D eigenvalue weighted by Crippen LogP contribution is -2.24. The molecule has 286 valence electrons. The van der Waals surface area contributed by atoms with Gasteiger partial charge in [0.25, 0.3) is 0 Å². The number of allylic oxidation sites excluding steroid dienone is 16. The van der Waals surface area contributed by atoms with E-state index >= 15 is 0 Å². The van der Waals surface area contributed by atoms with Crippen LogP contribution in [0.5, 0.6) is 0 Å². The van der Waals surface area contributed by atoms with Crippen LogP contribution in [0.3, 0.4) is 0 Å². The van der Waals surface area contributed by atoms with Crippen LogP contribution < -0.4 is 4.90 Å². The Morgan fingerprint density at radius 2 is 1.47 bits per heavy atom. The molecule has 0 radical (unpaired) electrons. The van der Waals surface area contributed by atoms with Crippen molar-refractivity contribution in [3.8, 4) is 0 Å². The molecule has 1 aliphatic rings. The highest BCUT2D eigenvalue weighted by Crippen LogP contribution is 2.38. The third-order valence-corrected chi connectivity index (χ3v) is 9.62. The molecule has 2 heteroatoms. The van der Waals surface area contributed by atoms with Crippen molar-refractivity contribution in [2.45, 2.75) is 80.6 Å². The molecule has 55 heavy (non-hydrogen) atoms. The largest absolute Gasteiger partial charge is 0.341 e. The summed E-state index contributed by atoms with van der Waals surface area (Å²) in [6.07, 6.45) is 30.3. The van der Waals surface area contributed by atoms with E-state index < -0.39 is 0 Å². The lowest BCUT2D eigenvalue weighted by molar-refractivity contribution is 0.838. The molecule has 0 amide bonds. The van der Waals surface area contributed by atoms with Crippen LogP contribution in [0.4, 0.5) is 5.69 Å². The first-order chi connectivity index (χ1) is 27.0. The Morgan fingerprint density at radius 3 is 2.15 bits per heavy atom. The number of rotatable bonds is 14. The van der Waals surface area contributed by atoms with Crippen molar-refractivity contribution in [1.29, 1.82) is 0 Å². The molecule has 4 aromatic rings. The molecule has 0 saturated carbocycles. The first-order valence-electron chi connectivity index (χ1n) is 20.1. The summed E-state index contributed by atoms with van der Waals surface area (Å²) in [6, 6.07) is 24.2. The monoisotopic (exact) mass is 729 g/mol. The Balaban J connectivity index is 0.00000196. The predicted molar refractivity (Wildman–Crippen MR) is 250 cm³/mol. The first-order valence-corrected chi connectivity index (χ1v) is 20.1. The third-order valence-electron chi connectivity index (χ3n) is 9.62. The molecule has 0 atom stereocenters. The van der Waals surface area contributed by atoms with Crippen LogP contribution in [0.2, 0.25) is 0 Å². The fraction of sp³-hybridized carbons (Fsp3) is 0.245. The molecule has 1 aliphatic heterocycles. The van der Waals surface area contributed by atoms with E-state index in [0.717, 1.165) is 66.6 Å². The Labute approximate surface area is 333 Å². The fourth-order valence-corrected chi connectivity index (χ4v) is 7.13. The van der Waals surface area contributed by atoms with Gasteiger partial charge < -0.3 is 9.47 Å². The quantitative estimate of drug-likeness (QED) is 0.0927. The Kier molecular flexibility index (Phi) is 18.5. The minimum absolute atomic E-state index is 0.740. The molecule has 5 rings (SSSR count). The van der Waals surface area contributed by atoms with Gasteiger partial charge in [0.1, 0.15) is 0 Å². The van der Waals surface area contributed by atoms with Crippen molar-refractivity contribution >= 4 is 44.3 Å². The van der Waals surface area contributed by atoms with Gasteiger partial charge in [0.2, 0.25) is 0 Å². The Hall–Kier alpha value is -5.60. The van der Waals surface area contributed by atoms with Crippen LogP contribution in [-0.4, -0.2) is 11.1 Å². The number of benzene rings is 3. The van der Waals surface area contributed by atoms with Crippen molar-refractivity contribution in [2.75, 3.05) is 11.4 Å². The van der Waals surface area contributed by atoms with Gasteiger partial charge in [-0.3, -0.25) is 0 Å². The minimum Gasteiger partial charge on any atom is -0.341 e. The molecule has 0 fully saturated rings. The van der Waals surface area contributed by atoms with Crippen LogP contribution in [0.25, 0.3) is 38.6 Å². The minimum atomic E-state index is 0.740. The molecule has 0 spiro atoms. The van der Waals surface area contributed by atoms with E-state index in [1.807, 2.05) is 52.0 Å². The van der Waals surface area contributed by atoms with Gasteiger partial charge in [-0.2, -0.15) is 0 Å². The van der Waals surface area contributed by atoms with Gasteiger partial charge in [-0.15, -0.1) is 13.2 Å². The maximum atomic E-state index is 4.64. The maximum absolute atomic E-state index is 4.64. The average Bonchev–Trinajstić information content (AvgIpc) is 3.58. The number of para-hydroxylation sites is 2. The maximum Gasteiger partial charge on any atom is 0.0541 e. The second kappa shape index (κ2) is 23.2. The number of nitrogens with zero attached hydrogens (tertiary/aromatic N) is 2. The predicted octanol–water partition coefficient (Wildman–Crippen LogP) is 16.0. The van der Waals surface area contributed by atoms with Crippen molar-refractivity contribution in [1.82, 2.24) is 4.57 Å². The Bertz CT molecular complexity index is 2130. The van der Waals surface area contributed by atoms with Gasteiger partial charge in [0, 0.05) is 46.4 Å². The molecule has 2 heterocycles. The lowest BCUT2D eigenvalue weighted by Gasteiger charge is -2.30. The zero-order chi connectivity index (χ0) is 40.2. The number of hydrogen-bond acceptors (Lipinski definition) is 1. The SMILES string of the molecule is C=C/C=C\C(=C/C)n1c2ccccc2c2cc(C3=C/C(=C)c4ccccc4N(/C(=C/C)CC(CC/C=C\C)=C(CC=C)CC=C)C/C=C\3)ccc21.CC.CC. The van der Waals surface area contributed by atoms with Crippen molar-refractivity contribution in [2.24, 2.45) is 0 Å². The number of hydrogen-bond donors (Lipinski definition) is 0. The first kappa shape index (κ1) is 43.8. The smallest absolute Gasteiger partial charge is 0.0541 e. The second-order valence-electron chi connectivity index (χ2n) is 12.8. The van der Waals surface area contributed by atoms with Crippen molar-refractivity contribution in [3.63, 3.8) is 0 Å². The van der Waals surface area contributed by atoms with E-state index in [2.05, 4.69) is 172 Å². The topological polar surface area (TPSA) is 8.17 Å². The summed E-state index contributed by atoms with van der Waals surface area (Å²) in [6.45, 7) is 31.7. The van der Waals surface area contributed by atoms with Crippen LogP contribution in [0.1, 0.15) is 91.7 Å². The zero-order valence-corrected chi connectivity index (χ0v) is 34.7. The van der Waals surface area contributed by atoms with Gasteiger partial charge in [0.15, 0.2) is 0 Å². The number of anilines is 1. The average molecular weight is 729 g/mol. The highest BCUT2D eigenvalue weighted by atomic mass is 15.1. The second-order valence-corrected chi connectivity index (χ2v) is 12.8. The number of aromatic nitrogens is 1. The van der Waals surface area contributed by atoms with Gasteiger partial charge in [-0.05, 0) is 99.6 Å². The van der Waals surface area contributed by atoms with E-state index in [1.165, 1.54) is 44.3 Å². The third kappa shape index (κ3) is 10.8. The summed E-state index contributed by atoms with van der Waals surface area (Å²) in [4.78, 5) is 2.47. The standard InChI is InChI=1S/C49H52N2.2C2H6/c1-8-14-16-24-40(38(22-10-3)23-11-4)35-43(13-6)50-33-21-25-39(34-37(7)44-27-17-19-29-47(44)50)41-31-32-49-46(36-41)45-28-18-20-30-48(45)51(49)42(12-5)26-15-9-2;2*1-2/h8-15,17-21,25-32,34,36H,2-4,7,16,22-24,33,35H2,1,5-6H3;2*1-2H3/b14-8-,25-21-,26-15-,39-34+,42-12+,43-13+;;. The van der Waals surface area contributed by atoms with Gasteiger partial charge in [-0.25, -0.2) is 0 Å². The van der Waals surface area contributed by atoms with E-state index in [0.29, 0.717) is 0 Å². The number of fused-ring (bicyclic) bond motifs is 4. The van der Waals surface area contributed by atoms with E-state index in [1.54, 1.807) is 0 Å². The highest BCUT2D eigenvalue weighted by molar-refractivity contribution is 6.11. The summed E-state index contributed by atoms with van der Waals surface area (Å²) in [5, 5.41) is 2.45. The van der Waals surface area contributed by atoms with Crippen molar-refractivity contribution in [3.05, 3.63) is 194 Å². The Morgan fingerprint density at radius 1 is 0.782 bits per heavy atom. The molecule has 3 aromatic carbocycles. The zero-order valence-electron chi connectivity index (χ0n) is 34.7. The van der Waals surface area contributed by atoms with Gasteiger partial charge in [0.05, 0.1) is 11.0 Å². The summed E-state index contributed by atoms with van der Waals surface area (Å²) in [5.74, 6) is 0. The summed E-state index contributed by atoms with van der Waals surface area (Å²) < 4.78 is 2.34. The van der Waals surface area contributed by atoms with Crippen LogP contribution in [0.15, 0.2) is 183 Å². The molecule has 0 unspecified atom stereocenters. The van der Waals surface area contributed by atoms with E-state index in [4.69, 9.17) is 0 Å². The summed E-state index contributed by atoms with van der Waals surface area (Å²) >= 11 is 0. The summed E-state index contributed by atoms with van der Waals surface area (Å²) in [7, 11) is 0. The van der Waals surface area contributed by atoms with Crippen LogP contribution >= 0.6 is 0 Å².